The van der Waals surface area contributed by atoms with E-state index in [1.165, 1.54) is 0 Å². The summed E-state index contributed by atoms with van der Waals surface area (Å²) in [5.74, 6) is -0.0485. The van der Waals surface area contributed by atoms with Crippen LogP contribution in [0.5, 0.6) is 0 Å². The van der Waals surface area contributed by atoms with Gasteiger partial charge in [0.15, 0.2) is 0 Å². The van der Waals surface area contributed by atoms with E-state index in [4.69, 9.17) is 22.4 Å². The molecule has 0 radical (unpaired) electrons. The van der Waals surface area contributed by atoms with E-state index < -0.39 is 0 Å². The molecule has 1 unspecified atom stereocenters. The third-order valence-electron chi connectivity index (χ3n) is 3.82. The number of carbonyl (C=O) groups is 1. The predicted octanol–water partition coefficient (Wildman–Crippen LogP) is 2.10. The first-order valence-electron chi connectivity index (χ1n) is 7.30. The minimum absolute atomic E-state index is 0.0485. The van der Waals surface area contributed by atoms with E-state index in [9.17, 15) is 4.79 Å². The van der Waals surface area contributed by atoms with Crippen LogP contribution in [0.25, 0.3) is 0 Å². The summed E-state index contributed by atoms with van der Waals surface area (Å²) < 4.78 is 0. The Morgan fingerprint density at radius 1 is 1.52 bits per heavy atom. The Bertz CT molecular complexity index is 496. The molecule has 1 saturated heterocycles. The third-order valence-corrected chi connectivity index (χ3v) is 4.17. The Morgan fingerprint density at radius 3 is 3.05 bits per heavy atom. The number of amides is 1. The van der Waals surface area contributed by atoms with E-state index in [-0.39, 0.29) is 12.5 Å². The van der Waals surface area contributed by atoms with E-state index >= 15 is 0 Å². The van der Waals surface area contributed by atoms with Gasteiger partial charge in [0.25, 0.3) is 0 Å². The number of nitrogens with zero attached hydrogens (tertiary/aromatic N) is 1. The van der Waals surface area contributed by atoms with Crippen molar-refractivity contribution in [3.8, 4) is 0 Å². The monoisotopic (exact) mass is 311 g/mol. The molecule has 2 rings (SSSR count). The fraction of sp³-hybridized carbons (Fsp3) is 0.533. The van der Waals surface area contributed by atoms with E-state index in [2.05, 4.69) is 10.2 Å². The molecule has 1 aliphatic rings. The molecule has 0 bridgehead atoms. The zero-order valence-corrected chi connectivity index (χ0v) is 12.8. The Hall–Kier alpha value is -1.30. The number of halogens is 1. The van der Waals surface area contributed by atoms with Gasteiger partial charge in [-0.15, -0.1) is 0 Å². The van der Waals surface area contributed by atoms with Gasteiger partial charge in [-0.05, 0) is 50.4 Å². The summed E-state index contributed by atoms with van der Waals surface area (Å²) in [5.41, 5.74) is 6.83. The second-order valence-electron chi connectivity index (χ2n) is 5.42. The highest BCUT2D eigenvalue weighted by molar-refractivity contribution is 6.33. The van der Waals surface area contributed by atoms with Crippen molar-refractivity contribution in [2.45, 2.75) is 31.7 Å². The molecule has 1 heterocycles. The van der Waals surface area contributed by atoms with Crippen molar-refractivity contribution in [1.29, 1.82) is 0 Å². The first-order chi connectivity index (χ1) is 10.1. The fourth-order valence-corrected chi connectivity index (χ4v) is 2.88. The Morgan fingerprint density at radius 2 is 2.33 bits per heavy atom. The average molecular weight is 312 g/mol. The minimum Gasteiger partial charge on any atom is -0.397 e. The number of aliphatic hydroxyl groups excluding tert-OH is 1. The summed E-state index contributed by atoms with van der Waals surface area (Å²) in [6.45, 7) is 1.52. The van der Waals surface area contributed by atoms with Crippen LogP contribution in [0.1, 0.15) is 25.7 Å². The second kappa shape index (κ2) is 7.64. The average Bonchev–Trinajstić information content (AvgIpc) is 2.87. The van der Waals surface area contributed by atoms with E-state index in [1.807, 2.05) is 0 Å². The zero-order valence-electron chi connectivity index (χ0n) is 12.0. The van der Waals surface area contributed by atoms with Gasteiger partial charge >= 0.3 is 0 Å². The summed E-state index contributed by atoms with van der Waals surface area (Å²) in [5, 5.41) is 12.2. The van der Waals surface area contributed by atoms with Gasteiger partial charge in [-0.1, -0.05) is 11.6 Å². The van der Waals surface area contributed by atoms with Crippen molar-refractivity contribution in [3.05, 3.63) is 23.2 Å². The SMILES string of the molecule is Nc1cc(NC(=O)CN2CCCC2CCCO)ccc1Cl. The third kappa shape index (κ3) is 4.59. The highest BCUT2D eigenvalue weighted by Crippen LogP contribution is 2.23. The van der Waals surface area contributed by atoms with Crippen LogP contribution in [0.15, 0.2) is 18.2 Å². The molecule has 1 amide bonds. The number of likely N-dealkylation sites (tertiary alicyclic amines) is 1. The molecule has 6 heteroatoms. The smallest absolute Gasteiger partial charge is 0.238 e. The van der Waals surface area contributed by atoms with Crippen LogP contribution in [-0.4, -0.2) is 41.7 Å². The predicted molar refractivity (Wildman–Crippen MR) is 85.4 cm³/mol. The molecule has 5 nitrogen and oxygen atoms in total. The van der Waals surface area contributed by atoms with Crippen LogP contribution in [0.2, 0.25) is 5.02 Å². The molecule has 0 aromatic heterocycles. The van der Waals surface area contributed by atoms with Crippen LogP contribution in [-0.2, 0) is 4.79 Å². The number of hydrogen-bond donors (Lipinski definition) is 3. The molecule has 0 saturated carbocycles. The lowest BCUT2D eigenvalue weighted by molar-refractivity contribution is -0.117. The van der Waals surface area contributed by atoms with Crippen molar-refractivity contribution in [2.24, 2.45) is 0 Å². The van der Waals surface area contributed by atoms with Crippen molar-refractivity contribution < 1.29 is 9.90 Å². The van der Waals surface area contributed by atoms with Crippen LogP contribution in [0, 0.1) is 0 Å². The second-order valence-corrected chi connectivity index (χ2v) is 5.82. The number of nitrogens with one attached hydrogen (secondary N) is 1. The maximum Gasteiger partial charge on any atom is 0.238 e. The van der Waals surface area contributed by atoms with Crippen molar-refractivity contribution >= 4 is 28.9 Å². The fourth-order valence-electron chi connectivity index (χ4n) is 2.76. The number of hydrogen-bond acceptors (Lipinski definition) is 4. The van der Waals surface area contributed by atoms with Crippen molar-refractivity contribution in [2.75, 3.05) is 30.7 Å². The largest absolute Gasteiger partial charge is 0.397 e. The van der Waals surface area contributed by atoms with E-state index in [1.54, 1.807) is 18.2 Å². The number of nitrogen functional groups attached to an aromatic ring is 1. The van der Waals surface area contributed by atoms with Crippen LogP contribution in [0.3, 0.4) is 0 Å². The lowest BCUT2D eigenvalue weighted by atomic mass is 10.1. The molecule has 21 heavy (non-hydrogen) atoms. The molecule has 1 aromatic carbocycles. The topological polar surface area (TPSA) is 78.6 Å². The summed E-state index contributed by atoms with van der Waals surface area (Å²) in [7, 11) is 0. The number of carbonyl (C=O) groups excluding carboxylic acids is 1. The number of nitrogens with two attached hydrogens (primary N) is 1. The number of aliphatic hydroxyl groups is 1. The van der Waals surface area contributed by atoms with Crippen LogP contribution < -0.4 is 11.1 Å². The Balaban J connectivity index is 1.87. The quantitative estimate of drug-likeness (QED) is 0.703. The van der Waals surface area contributed by atoms with Crippen molar-refractivity contribution in [1.82, 2.24) is 4.90 Å². The lowest BCUT2D eigenvalue weighted by Gasteiger charge is -2.23. The maximum atomic E-state index is 12.1. The normalized spacial score (nSPS) is 18.9. The van der Waals surface area contributed by atoms with Gasteiger partial charge in [-0.2, -0.15) is 0 Å². The van der Waals surface area contributed by atoms with Gasteiger partial charge < -0.3 is 16.2 Å². The highest BCUT2D eigenvalue weighted by atomic mass is 35.5. The maximum absolute atomic E-state index is 12.1. The molecule has 0 aliphatic carbocycles. The van der Waals surface area contributed by atoms with Gasteiger partial charge in [-0.25, -0.2) is 0 Å². The van der Waals surface area contributed by atoms with Crippen LogP contribution >= 0.6 is 11.6 Å². The van der Waals surface area contributed by atoms with Gasteiger partial charge in [0, 0.05) is 18.3 Å². The molecule has 1 fully saturated rings. The van der Waals surface area contributed by atoms with Gasteiger partial charge in [-0.3, -0.25) is 9.69 Å². The highest BCUT2D eigenvalue weighted by Gasteiger charge is 2.25. The summed E-state index contributed by atoms with van der Waals surface area (Å²) in [6.07, 6.45) is 3.94. The van der Waals surface area contributed by atoms with Crippen LogP contribution in [0.4, 0.5) is 11.4 Å². The van der Waals surface area contributed by atoms with Gasteiger partial charge in [0.05, 0.1) is 17.3 Å². The Labute approximate surface area is 130 Å². The first-order valence-corrected chi connectivity index (χ1v) is 7.67. The van der Waals surface area contributed by atoms with E-state index in [0.29, 0.717) is 29.0 Å². The number of benzene rings is 1. The van der Waals surface area contributed by atoms with Gasteiger partial charge in [0.2, 0.25) is 5.91 Å². The standard InChI is InChI=1S/C15H22ClN3O2/c16-13-6-5-11(9-14(13)17)18-15(21)10-19-7-1-3-12(19)4-2-8-20/h5-6,9,12,20H,1-4,7-8,10,17H2,(H,18,21). The first kappa shape index (κ1) is 16.1. The van der Waals surface area contributed by atoms with Gasteiger partial charge in [0.1, 0.15) is 0 Å². The zero-order chi connectivity index (χ0) is 15.2. The summed E-state index contributed by atoms with van der Waals surface area (Å²) in [4.78, 5) is 14.3. The summed E-state index contributed by atoms with van der Waals surface area (Å²) in [6, 6.07) is 5.47. The number of anilines is 2. The lowest BCUT2D eigenvalue weighted by Crippen LogP contribution is -2.36. The molecule has 1 atom stereocenters. The molecular formula is C15H22ClN3O2. The summed E-state index contributed by atoms with van der Waals surface area (Å²) >= 11 is 5.86. The minimum atomic E-state index is -0.0485. The molecular weight excluding hydrogens is 290 g/mol. The molecule has 1 aromatic rings. The molecule has 0 spiro atoms. The Kier molecular flexibility index (Phi) is 5.85. The number of rotatable bonds is 6. The molecule has 4 N–H and O–H groups in total. The molecule has 1 aliphatic heterocycles. The molecule has 116 valence electrons. The van der Waals surface area contributed by atoms with Crippen molar-refractivity contribution in [3.63, 3.8) is 0 Å². The van der Waals surface area contributed by atoms with E-state index in [0.717, 1.165) is 32.2 Å².